The number of imide groups is 1. The Morgan fingerprint density at radius 3 is 2.37 bits per heavy atom. The van der Waals surface area contributed by atoms with Crippen LogP contribution in [0.5, 0.6) is 0 Å². The first-order chi connectivity index (χ1) is 19.8. The molecule has 4 aromatic rings. The number of oxazole rings is 1. The van der Waals surface area contributed by atoms with Crippen molar-refractivity contribution >= 4 is 59.9 Å². The summed E-state index contributed by atoms with van der Waals surface area (Å²) in [5.74, 6) is -1.79. The van der Waals surface area contributed by atoms with Crippen molar-refractivity contribution in [2.45, 2.75) is 54.9 Å². The Kier molecular flexibility index (Phi) is 9.70. The van der Waals surface area contributed by atoms with Crippen LogP contribution in [0.3, 0.4) is 0 Å². The van der Waals surface area contributed by atoms with E-state index in [9.17, 15) is 40.3 Å². The van der Waals surface area contributed by atoms with Crippen LogP contribution in [-0.2, 0) is 46.0 Å². The number of aryl methyl sites for hydroxylation is 1. The molecule has 220 valence electrons. The van der Waals surface area contributed by atoms with Crippen LogP contribution in [0, 0.1) is 0 Å². The Labute approximate surface area is 267 Å². The van der Waals surface area contributed by atoms with E-state index in [1.165, 1.54) is 6.07 Å². The molecule has 0 unspecified atom stereocenters. The van der Waals surface area contributed by atoms with Crippen molar-refractivity contribution in [2.75, 3.05) is 0 Å². The molecule has 3 heterocycles. The molecular weight excluding hydrogens is 617 g/mol. The third-order valence-corrected chi connectivity index (χ3v) is 8.29. The first-order valence-corrected chi connectivity index (χ1v) is 15.5. The Balaban J connectivity index is 0.00000423. The Morgan fingerprint density at radius 1 is 0.977 bits per heavy atom. The van der Waals surface area contributed by atoms with Crippen molar-refractivity contribution in [3.8, 4) is 11.6 Å². The van der Waals surface area contributed by atoms with Gasteiger partial charge in [-0.1, -0.05) is 6.07 Å². The first kappa shape index (κ1) is 32.7. The van der Waals surface area contributed by atoms with Gasteiger partial charge in [0.2, 0.25) is 0 Å². The van der Waals surface area contributed by atoms with Crippen LogP contribution in [0.2, 0.25) is 0 Å². The molecule has 1 saturated heterocycles. The molecule has 0 N–H and O–H groups in total. The normalized spacial score (nSPS) is 14.0. The molecule has 0 bridgehead atoms. The average Bonchev–Trinajstić information content (AvgIpc) is 3.50. The van der Waals surface area contributed by atoms with Gasteiger partial charge < -0.3 is 18.4 Å². The third-order valence-electron chi connectivity index (χ3n) is 6.61. The summed E-state index contributed by atoms with van der Waals surface area (Å²) in [5.41, 5.74) is 0.130. The summed E-state index contributed by atoms with van der Waals surface area (Å²) < 4.78 is 78.2. The molecule has 0 atom stereocenters. The topological polar surface area (TPSA) is 208 Å². The van der Waals surface area contributed by atoms with Gasteiger partial charge >= 0.3 is 35.5 Å². The van der Waals surface area contributed by atoms with Gasteiger partial charge in [0, 0.05) is 43.2 Å². The van der Waals surface area contributed by atoms with Crippen LogP contribution in [0.25, 0.3) is 33.5 Å². The zero-order valence-electron chi connectivity index (χ0n) is 22.7. The summed E-state index contributed by atoms with van der Waals surface area (Å²) in [5, 5.41) is 0.782. The average molecular weight is 640 g/mol. The number of aromatic nitrogens is 2. The number of hydrogen-bond donors (Lipinski definition) is 0. The van der Waals surface area contributed by atoms with Crippen molar-refractivity contribution in [2.24, 2.45) is 0 Å². The zero-order valence-corrected chi connectivity index (χ0v) is 26.4. The summed E-state index contributed by atoms with van der Waals surface area (Å²) in [6, 6.07) is 9.39. The smallest absolute Gasteiger partial charge is 0.744 e. The molecule has 2 amide bonds. The SMILES string of the molecule is O=C(CCCCC[n+]1ccccc1-c1nc2c(o1)c(S(=O)(=O)[O-])cc1cc(S(=O)(=O)[O-])ccc12)ON1C(=O)CCC1=O.[Na+]. The van der Waals surface area contributed by atoms with E-state index in [1.54, 1.807) is 29.0 Å². The van der Waals surface area contributed by atoms with Gasteiger partial charge in [0.1, 0.15) is 32.3 Å². The van der Waals surface area contributed by atoms with Gasteiger partial charge in [-0.15, -0.1) is 5.06 Å². The van der Waals surface area contributed by atoms with Gasteiger partial charge in [0.25, 0.3) is 23.4 Å². The molecule has 5 rings (SSSR count). The van der Waals surface area contributed by atoms with E-state index in [0.717, 1.165) is 18.2 Å². The van der Waals surface area contributed by atoms with Crippen LogP contribution in [0.1, 0.15) is 38.5 Å². The Hall–Kier alpha value is -3.25. The quantitative estimate of drug-likeness (QED) is 0.0667. The van der Waals surface area contributed by atoms with Gasteiger partial charge in [-0.2, -0.15) is 4.57 Å². The number of amides is 2. The monoisotopic (exact) mass is 639 g/mol. The van der Waals surface area contributed by atoms with E-state index in [4.69, 9.17) is 9.25 Å². The zero-order chi connectivity index (χ0) is 30.2. The van der Waals surface area contributed by atoms with Gasteiger partial charge in [0.05, 0.1) is 9.79 Å². The minimum absolute atomic E-state index is 0. The molecule has 1 aliphatic rings. The fourth-order valence-corrected chi connectivity index (χ4v) is 5.74. The molecule has 2 aromatic carbocycles. The number of hydrogen-bond acceptors (Lipinski definition) is 12. The molecule has 1 aliphatic heterocycles. The van der Waals surface area contributed by atoms with Crippen LogP contribution in [0.4, 0.5) is 0 Å². The molecule has 0 radical (unpaired) electrons. The van der Waals surface area contributed by atoms with Crippen molar-refractivity contribution in [3.63, 3.8) is 0 Å². The van der Waals surface area contributed by atoms with E-state index in [0.29, 0.717) is 36.6 Å². The molecular formula is C26H22N3NaO11S2. The second-order valence-corrected chi connectivity index (χ2v) is 12.2. The van der Waals surface area contributed by atoms with E-state index >= 15 is 0 Å². The standard InChI is InChI=1S/C26H23N3O11S2.Na/c30-21-10-11-22(31)29(21)40-23(32)7-2-1-4-12-28-13-5-3-6-19(28)26-27-24-18-9-8-17(41(33,34)35)14-16(18)15-20(25(24)39-26)42(36,37)38;/h3,5-6,8-9,13-15H,1-2,4,7,10-12H2,(H-,33,34,35,36,37,38);/q;+1/p-1. The van der Waals surface area contributed by atoms with Gasteiger partial charge in [-0.05, 0) is 42.5 Å². The van der Waals surface area contributed by atoms with Crippen LogP contribution >= 0.6 is 0 Å². The molecule has 1 fully saturated rings. The summed E-state index contributed by atoms with van der Waals surface area (Å²) in [7, 11) is -9.93. The van der Waals surface area contributed by atoms with Crippen molar-refractivity contribution in [1.29, 1.82) is 0 Å². The number of unbranched alkanes of at least 4 members (excludes halogenated alkanes) is 2. The number of hydroxylamine groups is 2. The van der Waals surface area contributed by atoms with Crippen molar-refractivity contribution < 1.29 is 83.7 Å². The van der Waals surface area contributed by atoms with E-state index in [2.05, 4.69) is 4.98 Å². The maximum Gasteiger partial charge on any atom is 1.00 e. The number of benzene rings is 2. The van der Waals surface area contributed by atoms with Crippen LogP contribution < -0.4 is 34.1 Å². The summed E-state index contributed by atoms with van der Waals surface area (Å²) in [4.78, 5) is 43.1. The fourth-order valence-electron chi connectivity index (χ4n) is 4.60. The molecule has 43 heavy (non-hydrogen) atoms. The second kappa shape index (κ2) is 12.8. The van der Waals surface area contributed by atoms with Crippen molar-refractivity contribution in [1.82, 2.24) is 10.0 Å². The molecule has 14 nitrogen and oxygen atoms in total. The molecule has 0 spiro atoms. The molecule has 0 saturated carbocycles. The number of pyridine rings is 1. The fraction of sp³-hybridized carbons (Fsp3) is 0.269. The minimum atomic E-state index is -5.09. The number of rotatable bonds is 10. The maximum atomic E-state index is 12.1. The summed E-state index contributed by atoms with van der Waals surface area (Å²) in [6.07, 6.45) is 3.37. The summed E-state index contributed by atoms with van der Waals surface area (Å²) in [6.45, 7) is 0.436. The third kappa shape index (κ3) is 7.12. The number of nitrogens with zero attached hydrogens (tertiary/aromatic N) is 3. The van der Waals surface area contributed by atoms with Crippen molar-refractivity contribution in [3.05, 3.63) is 48.7 Å². The van der Waals surface area contributed by atoms with E-state index < -0.39 is 47.8 Å². The number of carbonyl (C=O) groups excluding carboxylic acids is 3. The van der Waals surface area contributed by atoms with Gasteiger partial charge in [0.15, 0.2) is 11.8 Å². The van der Waals surface area contributed by atoms with Crippen LogP contribution in [-0.4, -0.2) is 53.8 Å². The Morgan fingerprint density at radius 2 is 1.70 bits per heavy atom. The predicted molar refractivity (Wildman–Crippen MR) is 139 cm³/mol. The molecule has 0 aliphatic carbocycles. The molecule has 2 aromatic heterocycles. The maximum absolute atomic E-state index is 12.1. The largest absolute Gasteiger partial charge is 1.00 e. The van der Waals surface area contributed by atoms with E-state index in [-0.39, 0.29) is 76.6 Å². The number of carbonyl (C=O) groups is 3. The van der Waals surface area contributed by atoms with Gasteiger partial charge in [-0.25, -0.2) is 26.6 Å². The van der Waals surface area contributed by atoms with E-state index in [1.807, 2.05) is 0 Å². The minimum Gasteiger partial charge on any atom is -0.744 e. The van der Waals surface area contributed by atoms with Gasteiger partial charge in [-0.3, -0.25) is 9.59 Å². The van der Waals surface area contributed by atoms with Crippen LogP contribution in [0.15, 0.2) is 62.9 Å². The molecule has 17 heteroatoms. The first-order valence-electron chi connectivity index (χ1n) is 12.7. The summed E-state index contributed by atoms with van der Waals surface area (Å²) >= 11 is 0. The number of fused-ring (bicyclic) bond motifs is 3. The second-order valence-electron chi connectivity index (χ2n) is 9.50. The predicted octanol–water partition coefficient (Wildman–Crippen LogP) is -1.08. The Bertz CT molecular complexity index is 1960.